The van der Waals surface area contributed by atoms with Crippen molar-refractivity contribution in [3.05, 3.63) is 22.3 Å². The summed E-state index contributed by atoms with van der Waals surface area (Å²) >= 11 is 0. The van der Waals surface area contributed by atoms with Gasteiger partial charge in [0.25, 0.3) is 10.2 Å². The Labute approximate surface area is 167 Å². The van der Waals surface area contributed by atoms with Crippen LogP contribution in [0, 0.1) is 19.3 Å². The minimum Gasteiger partial charge on any atom is -0.380 e. The first kappa shape index (κ1) is 22.4. The van der Waals surface area contributed by atoms with Gasteiger partial charge in [-0.25, -0.2) is 5.14 Å². The Balaban J connectivity index is 2.63. The van der Waals surface area contributed by atoms with Crippen LogP contribution in [0.3, 0.4) is 0 Å². The number of nitrogens with zero attached hydrogens (tertiary/aromatic N) is 1. The Morgan fingerprint density at radius 3 is 2.46 bits per heavy atom. The molecule has 1 aliphatic heterocycles. The van der Waals surface area contributed by atoms with Crippen LogP contribution in [0.5, 0.6) is 0 Å². The largest absolute Gasteiger partial charge is 0.380 e. The van der Waals surface area contributed by atoms with Gasteiger partial charge in [-0.2, -0.15) is 8.42 Å². The van der Waals surface area contributed by atoms with Crippen LogP contribution in [-0.4, -0.2) is 40.6 Å². The van der Waals surface area contributed by atoms with Crippen molar-refractivity contribution < 1.29 is 17.9 Å². The number of benzene rings is 1. The van der Waals surface area contributed by atoms with Crippen molar-refractivity contribution in [2.24, 2.45) is 16.3 Å². The van der Waals surface area contributed by atoms with Gasteiger partial charge >= 0.3 is 0 Å². The van der Waals surface area contributed by atoms with Crippen LogP contribution in [0.4, 0.5) is 11.4 Å². The van der Waals surface area contributed by atoms with Crippen molar-refractivity contribution >= 4 is 27.5 Å². The summed E-state index contributed by atoms with van der Waals surface area (Å²) in [6.07, 6.45) is 1.19. The first-order valence-electron chi connectivity index (χ1n) is 9.47. The number of anilines is 2. The number of carbonyl (C=O) groups excluding carboxylic acids is 1. The second-order valence-corrected chi connectivity index (χ2v) is 9.23. The predicted octanol–water partition coefficient (Wildman–Crippen LogP) is 1.37. The molecule has 9 heteroatoms. The molecule has 0 atom stereocenters. The van der Waals surface area contributed by atoms with Crippen molar-refractivity contribution in [1.29, 1.82) is 0 Å². The summed E-state index contributed by atoms with van der Waals surface area (Å²) in [6.45, 7) is 12.1. The Morgan fingerprint density at radius 2 is 1.93 bits per heavy atom. The molecule has 1 aromatic rings. The van der Waals surface area contributed by atoms with Gasteiger partial charge in [0, 0.05) is 30.8 Å². The second-order valence-electron chi connectivity index (χ2n) is 7.94. The number of amides is 1. The van der Waals surface area contributed by atoms with Gasteiger partial charge in [0.15, 0.2) is 0 Å². The summed E-state index contributed by atoms with van der Waals surface area (Å²) in [5, 5.41) is 5.24. The molecule has 158 valence electrons. The maximum absolute atomic E-state index is 12.0. The molecule has 0 bridgehead atoms. The lowest BCUT2D eigenvalue weighted by Crippen LogP contribution is -2.35. The number of carbonyl (C=O) groups is 1. The van der Waals surface area contributed by atoms with Crippen molar-refractivity contribution in [2.45, 2.75) is 47.5 Å². The summed E-state index contributed by atoms with van der Waals surface area (Å²) < 4.78 is 31.4. The minimum atomic E-state index is -3.92. The number of rotatable bonds is 9. The van der Waals surface area contributed by atoms with E-state index < -0.39 is 21.5 Å². The van der Waals surface area contributed by atoms with Crippen LogP contribution in [0.1, 0.15) is 43.0 Å². The van der Waals surface area contributed by atoms with E-state index in [0.29, 0.717) is 25.3 Å². The molecule has 0 saturated heterocycles. The van der Waals surface area contributed by atoms with E-state index >= 15 is 0 Å². The highest BCUT2D eigenvalue weighted by atomic mass is 32.2. The summed E-state index contributed by atoms with van der Waals surface area (Å²) in [4.78, 5) is 14.2. The van der Waals surface area contributed by atoms with Gasteiger partial charge in [0.2, 0.25) is 5.91 Å². The molecular weight excluding hydrogens is 380 g/mol. The molecule has 0 aliphatic carbocycles. The SMILES string of the molecule is CCOCCN1CCc2c(C)c(NS(N)(=O)=O)c(C)c(CC(C)(C)C(N)=O)c21. The molecule has 0 fully saturated rings. The van der Waals surface area contributed by atoms with E-state index in [4.69, 9.17) is 15.6 Å². The Morgan fingerprint density at radius 1 is 1.29 bits per heavy atom. The molecule has 0 saturated carbocycles. The highest BCUT2D eigenvalue weighted by Gasteiger charge is 2.33. The topological polar surface area (TPSA) is 128 Å². The summed E-state index contributed by atoms with van der Waals surface area (Å²) in [6, 6.07) is 0. The normalized spacial score (nSPS) is 14.3. The van der Waals surface area contributed by atoms with E-state index in [1.165, 1.54) is 0 Å². The van der Waals surface area contributed by atoms with Gasteiger partial charge in [-0.15, -0.1) is 0 Å². The molecule has 28 heavy (non-hydrogen) atoms. The molecule has 1 aliphatic rings. The molecule has 2 rings (SSSR count). The number of hydrogen-bond donors (Lipinski definition) is 3. The zero-order chi connectivity index (χ0) is 21.3. The quantitative estimate of drug-likeness (QED) is 0.528. The van der Waals surface area contributed by atoms with Gasteiger partial charge in [-0.05, 0) is 55.9 Å². The van der Waals surface area contributed by atoms with Gasteiger partial charge in [-0.3, -0.25) is 9.52 Å². The van der Waals surface area contributed by atoms with E-state index in [0.717, 1.165) is 47.5 Å². The van der Waals surface area contributed by atoms with Gasteiger partial charge in [0.1, 0.15) is 0 Å². The van der Waals surface area contributed by atoms with Crippen LogP contribution in [-0.2, 0) is 32.6 Å². The van der Waals surface area contributed by atoms with Crippen LogP contribution < -0.4 is 20.5 Å². The number of hydrogen-bond acceptors (Lipinski definition) is 5. The maximum Gasteiger partial charge on any atom is 0.296 e. The highest BCUT2D eigenvalue weighted by molar-refractivity contribution is 7.90. The van der Waals surface area contributed by atoms with Crippen LogP contribution >= 0.6 is 0 Å². The van der Waals surface area contributed by atoms with Crippen molar-refractivity contribution in [3.8, 4) is 0 Å². The molecule has 1 amide bonds. The summed E-state index contributed by atoms with van der Waals surface area (Å²) in [5.41, 5.74) is 10.0. The van der Waals surface area contributed by atoms with Gasteiger partial charge in [0.05, 0.1) is 12.3 Å². The van der Waals surface area contributed by atoms with Crippen molar-refractivity contribution in [2.75, 3.05) is 35.9 Å². The van der Waals surface area contributed by atoms with Crippen molar-refractivity contribution in [3.63, 3.8) is 0 Å². The monoisotopic (exact) mass is 412 g/mol. The fourth-order valence-electron chi connectivity index (χ4n) is 3.75. The average Bonchev–Trinajstić information content (AvgIpc) is 2.99. The third-order valence-electron chi connectivity index (χ3n) is 5.41. The maximum atomic E-state index is 12.0. The van der Waals surface area contributed by atoms with E-state index in [9.17, 15) is 13.2 Å². The molecule has 0 spiro atoms. The lowest BCUT2D eigenvalue weighted by molar-refractivity contribution is -0.125. The third kappa shape index (κ3) is 4.76. The van der Waals surface area contributed by atoms with E-state index in [1.807, 2.05) is 20.8 Å². The molecule has 0 radical (unpaired) electrons. The first-order chi connectivity index (χ1) is 12.9. The molecule has 8 nitrogen and oxygen atoms in total. The molecule has 5 N–H and O–H groups in total. The van der Waals surface area contributed by atoms with Gasteiger partial charge in [-0.1, -0.05) is 13.8 Å². The van der Waals surface area contributed by atoms with E-state index in [1.54, 1.807) is 13.8 Å². The van der Waals surface area contributed by atoms with Crippen LogP contribution in [0.25, 0.3) is 0 Å². The standard InChI is InChI=1S/C19H32N4O4S/c1-6-27-10-9-23-8-7-14-12(2)16(22-28(21,25)26)13(3)15(17(14)23)11-19(4,5)18(20)24/h22H,6-11H2,1-5H3,(H2,20,24)(H2,21,25,26). The fourth-order valence-corrected chi connectivity index (χ4v) is 4.34. The van der Waals surface area contributed by atoms with Gasteiger partial charge < -0.3 is 15.4 Å². The number of nitrogens with two attached hydrogens (primary N) is 2. The lowest BCUT2D eigenvalue weighted by atomic mass is 9.81. The predicted molar refractivity (Wildman–Crippen MR) is 112 cm³/mol. The van der Waals surface area contributed by atoms with E-state index in [-0.39, 0.29) is 0 Å². The number of nitrogens with one attached hydrogen (secondary N) is 1. The molecule has 0 unspecified atom stereocenters. The number of ether oxygens (including phenoxy) is 1. The fraction of sp³-hybridized carbons (Fsp3) is 0.632. The van der Waals surface area contributed by atoms with Crippen molar-refractivity contribution in [1.82, 2.24) is 0 Å². The lowest BCUT2D eigenvalue weighted by Gasteiger charge is -2.30. The van der Waals surface area contributed by atoms with E-state index in [2.05, 4.69) is 9.62 Å². The number of fused-ring (bicyclic) bond motifs is 1. The highest BCUT2D eigenvalue weighted by Crippen LogP contribution is 2.43. The van der Waals surface area contributed by atoms with Crippen LogP contribution in [0.2, 0.25) is 0 Å². The average molecular weight is 413 g/mol. The molecule has 1 aromatic carbocycles. The zero-order valence-corrected chi connectivity index (χ0v) is 18.2. The smallest absolute Gasteiger partial charge is 0.296 e. The summed E-state index contributed by atoms with van der Waals surface area (Å²) in [7, 11) is -3.92. The molecule has 0 aromatic heterocycles. The Hall–Kier alpha value is -1.84. The number of primary amides is 1. The Kier molecular flexibility index (Phi) is 6.62. The summed E-state index contributed by atoms with van der Waals surface area (Å²) in [5.74, 6) is -0.402. The molecular formula is C19H32N4O4S. The third-order valence-corrected chi connectivity index (χ3v) is 5.90. The van der Waals surface area contributed by atoms with Crippen LogP contribution in [0.15, 0.2) is 0 Å². The second kappa shape index (κ2) is 8.26. The minimum absolute atomic E-state index is 0.402. The molecule has 1 heterocycles. The zero-order valence-electron chi connectivity index (χ0n) is 17.4. The first-order valence-corrected chi connectivity index (χ1v) is 11.0. The Bertz CT molecular complexity index is 865.